The smallest absolute Gasteiger partial charge is 0.0698 e. The lowest BCUT2D eigenvalue weighted by molar-refractivity contribution is 0.0851. The Morgan fingerprint density at radius 1 is 1.58 bits per heavy atom. The van der Waals surface area contributed by atoms with Gasteiger partial charge in [-0.25, -0.2) is 0 Å². The van der Waals surface area contributed by atoms with Gasteiger partial charge in [0, 0.05) is 11.9 Å². The molecule has 0 fully saturated rings. The average Bonchev–Trinajstić information content (AvgIpc) is 2.46. The molecule has 0 saturated heterocycles. The number of aliphatic hydroxyl groups excluding tert-OH is 1. The number of nitrogens with zero attached hydrogens (tertiary/aromatic N) is 2. The molecule has 0 radical (unpaired) electrons. The normalized spacial score (nSPS) is 10.5. The van der Waals surface area contributed by atoms with Gasteiger partial charge in [-0.1, -0.05) is 0 Å². The van der Waals surface area contributed by atoms with Crippen LogP contribution in [-0.4, -0.2) is 34.7 Å². The van der Waals surface area contributed by atoms with Gasteiger partial charge in [-0.05, 0) is 13.0 Å². The van der Waals surface area contributed by atoms with Crippen molar-refractivity contribution in [3.8, 4) is 0 Å². The Balaban J connectivity index is 2.20. The summed E-state index contributed by atoms with van der Waals surface area (Å²) < 4.78 is 6.97. The fourth-order valence-electron chi connectivity index (χ4n) is 0.951. The van der Waals surface area contributed by atoms with Gasteiger partial charge in [-0.3, -0.25) is 4.68 Å². The predicted molar refractivity (Wildman–Crippen MR) is 44.9 cm³/mol. The van der Waals surface area contributed by atoms with Crippen LogP contribution in [0.1, 0.15) is 5.69 Å². The first kappa shape index (κ1) is 9.22. The maximum atomic E-state index is 8.43. The molecule has 1 N–H and O–H groups in total. The summed E-state index contributed by atoms with van der Waals surface area (Å²) in [5, 5.41) is 12.5. The number of aromatic nitrogens is 2. The van der Waals surface area contributed by atoms with Crippen LogP contribution < -0.4 is 0 Å². The van der Waals surface area contributed by atoms with E-state index >= 15 is 0 Å². The first-order valence-corrected chi connectivity index (χ1v) is 4.01. The van der Waals surface area contributed by atoms with Crippen LogP contribution >= 0.6 is 0 Å². The second-order valence-corrected chi connectivity index (χ2v) is 2.53. The van der Waals surface area contributed by atoms with Crippen LogP contribution in [0.4, 0.5) is 0 Å². The molecule has 1 rings (SSSR count). The number of hydrogen-bond acceptors (Lipinski definition) is 3. The predicted octanol–water partition coefficient (Wildman–Crippen LogP) is 0.200. The van der Waals surface area contributed by atoms with Crippen LogP contribution in [0.3, 0.4) is 0 Å². The monoisotopic (exact) mass is 170 g/mol. The molecule has 0 spiro atoms. The molecule has 4 heteroatoms. The van der Waals surface area contributed by atoms with Crippen molar-refractivity contribution in [3.63, 3.8) is 0 Å². The van der Waals surface area contributed by atoms with Crippen molar-refractivity contribution >= 4 is 0 Å². The standard InChI is InChI=1S/C8H14N2O2/c1-8-2-3-9-10(8)4-6-12-7-5-11/h2-3,11H,4-7H2,1H3. The summed E-state index contributed by atoms with van der Waals surface area (Å²) in [7, 11) is 0. The molecule has 1 aromatic heterocycles. The quantitative estimate of drug-likeness (QED) is 0.642. The van der Waals surface area contributed by atoms with Crippen molar-refractivity contribution in [2.24, 2.45) is 0 Å². The average molecular weight is 170 g/mol. The zero-order valence-electron chi connectivity index (χ0n) is 7.23. The Hall–Kier alpha value is -0.870. The van der Waals surface area contributed by atoms with Crippen LogP contribution in [0.5, 0.6) is 0 Å². The van der Waals surface area contributed by atoms with Gasteiger partial charge in [0.2, 0.25) is 0 Å². The maximum absolute atomic E-state index is 8.43. The molecule has 0 bridgehead atoms. The van der Waals surface area contributed by atoms with E-state index in [1.807, 2.05) is 17.7 Å². The molecule has 0 aliphatic heterocycles. The van der Waals surface area contributed by atoms with E-state index in [0.717, 1.165) is 12.2 Å². The van der Waals surface area contributed by atoms with Gasteiger partial charge in [-0.15, -0.1) is 0 Å². The van der Waals surface area contributed by atoms with Crippen molar-refractivity contribution < 1.29 is 9.84 Å². The van der Waals surface area contributed by atoms with E-state index < -0.39 is 0 Å². The van der Waals surface area contributed by atoms with Crippen molar-refractivity contribution in [1.82, 2.24) is 9.78 Å². The lowest BCUT2D eigenvalue weighted by atomic mass is 10.5. The van der Waals surface area contributed by atoms with Crippen molar-refractivity contribution in [3.05, 3.63) is 18.0 Å². The number of ether oxygens (including phenoxy) is 1. The third kappa shape index (κ3) is 2.64. The molecule has 0 aromatic carbocycles. The fourth-order valence-corrected chi connectivity index (χ4v) is 0.951. The first-order chi connectivity index (χ1) is 5.84. The molecule has 12 heavy (non-hydrogen) atoms. The lowest BCUT2D eigenvalue weighted by Gasteiger charge is -2.04. The minimum atomic E-state index is 0.0814. The third-order valence-corrected chi connectivity index (χ3v) is 1.61. The number of aliphatic hydroxyl groups is 1. The zero-order chi connectivity index (χ0) is 8.81. The second-order valence-electron chi connectivity index (χ2n) is 2.53. The maximum Gasteiger partial charge on any atom is 0.0698 e. The van der Waals surface area contributed by atoms with Gasteiger partial charge in [-0.2, -0.15) is 5.10 Å². The Morgan fingerprint density at radius 3 is 3.00 bits per heavy atom. The summed E-state index contributed by atoms with van der Waals surface area (Å²) in [6, 6.07) is 1.95. The molecule has 0 atom stereocenters. The van der Waals surface area contributed by atoms with E-state index in [1.165, 1.54) is 0 Å². The Labute approximate surface area is 71.8 Å². The van der Waals surface area contributed by atoms with Crippen molar-refractivity contribution in [2.75, 3.05) is 19.8 Å². The second kappa shape index (κ2) is 4.90. The summed E-state index contributed by atoms with van der Waals surface area (Å²) in [4.78, 5) is 0. The molecule has 0 amide bonds. The van der Waals surface area contributed by atoms with E-state index in [-0.39, 0.29) is 6.61 Å². The summed E-state index contributed by atoms with van der Waals surface area (Å²) in [5.41, 5.74) is 1.13. The number of hydrogen-bond donors (Lipinski definition) is 1. The van der Waals surface area contributed by atoms with Crippen LogP contribution in [0.2, 0.25) is 0 Å². The molecule has 0 unspecified atom stereocenters. The first-order valence-electron chi connectivity index (χ1n) is 4.01. The molecule has 68 valence electrons. The number of rotatable bonds is 5. The topological polar surface area (TPSA) is 47.3 Å². The molecule has 1 aromatic rings. The van der Waals surface area contributed by atoms with E-state index in [2.05, 4.69) is 5.10 Å². The van der Waals surface area contributed by atoms with Crippen LogP contribution in [0.25, 0.3) is 0 Å². The molecule has 0 saturated carbocycles. The lowest BCUT2D eigenvalue weighted by Crippen LogP contribution is -2.10. The fraction of sp³-hybridized carbons (Fsp3) is 0.625. The molecule has 4 nitrogen and oxygen atoms in total. The highest BCUT2D eigenvalue weighted by molar-refractivity contribution is 4.96. The third-order valence-electron chi connectivity index (χ3n) is 1.61. The van der Waals surface area contributed by atoms with E-state index in [1.54, 1.807) is 6.20 Å². The molecular formula is C8H14N2O2. The molecule has 1 heterocycles. The molecular weight excluding hydrogens is 156 g/mol. The van der Waals surface area contributed by atoms with E-state index in [4.69, 9.17) is 9.84 Å². The van der Waals surface area contributed by atoms with Crippen LogP contribution in [0, 0.1) is 6.92 Å². The van der Waals surface area contributed by atoms with Gasteiger partial charge < -0.3 is 9.84 Å². The highest BCUT2D eigenvalue weighted by atomic mass is 16.5. The SMILES string of the molecule is Cc1ccnn1CCOCCO. The zero-order valence-corrected chi connectivity index (χ0v) is 7.23. The highest BCUT2D eigenvalue weighted by Crippen LogP contribution is 1.94. The van der Waals surface area contributed by atoms with Gasteiger partial charge in [0.05, 0.1) is 26.4 Å². The summed E-state index contributed by atoms with van der Waals surface area (Å²) in [6.07, 6.45) is 1.77. The Morgan fingerprint density at radius 2 is 2.42 bits per heavy atom. The Bertz CT molecular complexity index is 223. The highest BCUT2D eigenvalue weighted by Gasteiger charge is 1.95. The van der Waals surface area contributed by atoms with Gasteiger partial charge in [0.25, 0.3) is 0 Å². The van der Waals surface area contributed by atoms with Gasteiger partial charge in [0.1, 0.15) is 0 Å². The minimum Gasteiger partial charge on any atom is -0.394 e. The largest absolute Gasteiger partial charge is 0.394 e. The molecule has 0 aliphatic rings. The van der Waals surface area contributed by atoms with Crippen molar-refractivity contribution in [2.45, 2.75) is 13.5 Å². The van der Waals surface area contributed by atoms with Crippen LogP contribution in [-0.2, 0) is 11.3 Å². The Kier molecular flexibility index (Phi) is 3.76. The van der Waals surface area contributed by atoms with Crippen molar-refractivity contribution in [1.29, 1.82) is 0 Å². The number of aryl methyl sites for hydroxylation is 1. The summed E-state index contributed by atoms with van der Waals surface area (Å²) in [5.74, 6) is 0. The van der Waals surface area contributed by atoms with E-state index in [0.29, 0.717) is 13.2 Å². The van der Waals surface area contributed by atoms with Crippen LogP contribution in [0.15, 0.2) is 12.3 Å². The van der Waals surface area contributed by atoms with E-state index in [9.17, 15) is 0 Å². The minimum absolute atomic E-state index is 0.0814. The summed E-state index contributed by atoms with van der Waals surface area (Å²) >= 11 is 0. The van der Waals surface area contributed by atoms with Gasteiger partial charge in [0.15, 0.2) is 0 Å². The summed E-state index contributed by atoms with van der Waals surface area (Å²) in [6.45, 7) is 3.83. The molecule has 0 aliphatic carbocycles. The van der Waals surface area contributed by atoms with Gasteiger partial charge >= 0.3 is 0 Å².